The Kier molecular flexibility index (Phi) is 2.83. The van der Waals surface area contributed by atoms with Crippen LogP contribution in [-0.4, -0.2) is 27.3 Å². The summed E-state index contributed by atoms with van der Waals surface area (Å²) in [5.41, 5.74) is 2.84. The molecule has 0 fully saturated rings. The summed E-state index contributed by atoms with van der Waals surface area (Å²) in [7, 11) is 1.92. The highest BCUT2D eigenvalue weighted by Crippen LogP contribution is 2.30. The minimum atomic E-state index is 0.170. The van der Waals surface area contributed by atoms with Gasteiger partial charge < -0.3 is 5.32 Å². The Hall–Kier alpha value is -1.75. The number of nitrogens with one attached hydrogen (secondary N) is 1. The number of nitrogens with zero attached hydrogens (tertiary/aromatic N) is 4. The van der Waals surface area contributed by atoms with Crippen LogP contribution in [0.15, 0.2) is 24.3 Å². The molecule has 1 aromatic carbocycles. The number of aromatic nitrogens is 4. The van der Waals surface area contributed by atoms with Crippen molar-refractivity contribution in [1.29, 1.82) is 0 Å². The summed E-state index contributed by atoms with van der Waals surface area (Å²) in [6.45, 7) is 2.07. The van der Waals surface area contributed by atoms with E-state index in [0.717, 1.165) is 18.7 Å². The molecule has 0 saturated heterocycles. The van der Waals surface area contributed by atoms with Crippen LogP contribution in [-0.2, 0) is 12.8 Å². The van der Waals surface area contributed by atoms with Crippen molar-refractivity contribution in [1.82, 2.24) is 25.5 Å². The van der Waals surface area contributed by atoms with E-state index in [1.165, 1.54) is 11.1 Å². The highest BCUT2D eigenvalue weighted by Gasteiger charge is 2.26. The van der Waals surface area contributed by atoms with Gasteiger partial charge in [-0.25, -0.2) is 4.68 Å². The average Bonchev–Trinajstić information content (AvgIpc) is 3.03. The van der Waals surface area contributed by atoms with Crippen molar-refractivity contribution in [2.45, 2.75) is 31.8 Å². The van der Waals surface area contributed by atoms with Gasteiger partial charge in [-0.05, 0) is 48.4 Å². The minimum absolute atomic E-state index is 0.170. The summed E-state index contributed by atoms with van der Waals surface area (Å²) in [4.78, 5) is 0. The number of hydrogen-bond acceptors (Lipinski definition) is 4. The quantitative estimate of drug-likeness (QED) is 0.882. The molecule has 3 rings (SSSR count). The van der Waals surface area contributed by atoms with E-state index in [4.69, 9.17) is 0 Å². The second-order valence-corrected chi connectivity index (χ2v) is 4.82. The van der Waals surface area contributed by atoms with Gasteiger partial charge in [0.1, 0.15) is 0 Å². The maximum absolute atomic E-state index is 4.17. The first-order chi connectivity index (χ1) is 8.79. The lowest BCUT2D eigenvalue weighted by Gasteiger charge is -2.15. The molecule has 1 aromatic heterocycles. The number of benzene rings is 1. The Morgan fingerprint density at radius 1 is 1.28 bits per heavy atom. The first-order valence-corrected chi connectivity index (χ1v) is 6.31. The highest BCUT2D eigenvalue weighted by molar-refractivity contribution is 5.32. The van der Waals surface area contributed by atoms with E-state index in [9.17, 15) is 0 Å². The van der Waals surface area contributed by atoms with Gasteiger partial charge in [-0.2, -0.15) is 0 Å². The van der Waals surface area contributed by atoms with Crippen LogP contribution in [0.25, 0.3) is 0 Å². The van der Waals surface area contributed by atoms with Crippen molar-refractivity contribution in [2.75, 3.05) is 7.05 Å². The zero-order valence-electron chi connectivity index (χ0n) is 10.7. The third-order valence-corrected chi connectivity index (χ3v) is 3.71. The van der Waals surface area contributed by atoms with E-state index < -0.39 is 0 Å². The summed E-state index contributed by atoms with van der Waals surface area (Å²) in [5.74, 6) is 0.912. The van der Waals surface area contributed by atoms with E-state index in [-0.39, 0.29) is 6.04 Å². The molecule has 1 aliphatic carbocycles. The SMILES string of the molecule is CNC(C)c1nnnn1C1Cc2ccccc2C1. The van der Waals surface area contributed by atoms with Gasteiger partial charge in [-0.3, -0.25) is 0 Å². The molecule has 1 N–H and O–H groups in total. The van der Waals surface area contributed by atoms with Gasteiger partial charge in [-0.15, -0.1) is 5.10 Å². The van der Waals surface area contributed by atoms with Crippen molar-refractivity contribution in [2.24, 2.45) is 0 Å². The molecule has 5 heteroatoms. The van der Waals surface area contributed by atoms with Crippen LogP contribution >= 0.6 is 0 Å². The van der Waals surface area contributed by atoms with Crippen LogP contribution in [0.4, 0.5) is 0 Å². The molecule has 0 saturated carbocycles. The molecule has 94 valence electrons. The van der Waals surface area contributed by atoms with Crippen molar-refractivity contribution < 1.29 is 0 Å². The standard InChI is InChI=1S/C13H17N5/c1-9(14-2)13-15-16-17-18(13)12-7-10-5-3-4-6-11(10)8-12/h3-6,9,12,14H,7-8H2,1-2H3. The molecule has 5 nitrogen and oxygen atoms in total. The molecule has 0 radical (unpaired) electrons. The van der Waals surface area contributed by atoms with Crippen molar-refractivity contribution in [3.8, 4) is 0 Å². The maximum Gasteiger partial charge on any atom is 0.168 e. The van der Waals surface area contributed by atoms with E-state index in [2.05, 4.69) is 52.0 Å². The molecule has 0 bridgehead atoms. The zero-order chi connectivity index (χ0) is 12.5. The van der Waals surface area contributed by atoms with Crippen LogP contribution < -0.4 is 5.32 Å². The van der Waals surface area contributed by atoms with Gasteiger partial charge in [0, 0.05) is 0 Å². The predicted molar refractivity (Wildman–Crippen MR) is 68.2 cm³/mol. The largest absolute Gasteiger partial charge is 0.311 e. The zero-order valence-corrected chi connectivity index (χ0v) is 10.7. The van der Waals surface area contributed by atoms with Crippen LogP contribution in [0, 0.1) is 0 Å². The van der Waals surface area contributed by atoms with Crippen LogP contribution in [0.2, 0.25) is 0 Å². The number of fused-ring (bicyclic) bond motifs is 1. The molecular formula is C13H17N5. The lowest BCUT2D eigenvalue weighted by atomic mass is 10.1. The average molecular weight is 243 g/mol. The Balaban J connectivity index is 1.89. The van der Waals surface area contributed by atoms with Crippen LogP contribution in [0.3, 0.4) is 0 Å². The van der Waals surface area contributed by atoms with E-state index in [1.54, 1.807) is 0 Å². The van der Waals surface area contributed by atoms with Gasteiger partial charge >= 0.3 is 0 Å². The van der Waals surface area contributed by atoms with E-state index >= 15 is 0 Å². The Labute approximate surface area is 106 Å². The molecule has 0 aliphatic heterocycles. The summed E-state index contributed by atoms with van der Waals surface area (Å²) in [5, 5.41) is 15.3. The summed E-state index contributed by atoms with van der Waals surface area (Å²) >= 11 is 0. The third kappa shape index (κ3) is 1.80. The monoisotopic (exact) mass is 243 g/mol. The summed E-state index contributed by atoms with van der Waals surface area (Å²) < 4.78 is 1.97. The normalized spacial score (nSPS) is 16.8. The maximum atomic E-state index is 4.17. The molecule has 1 aliphatic rings. The van der Waals surface area contributed by atoms with Gasteiger partial charge in [0.05, 0.1) is 12.1 Å². The second-order valence-electron chi connectivity index (χ2n) is 4.82. The van der Waals surface area contributed by atoms with E-state index in [0.29, 0.717) is 6.04 Å². The van der Waals surface area contributed by atoms with Crippen molar-refractivity contribution >= 4 is 0 Å². The second kappa shape index (κ2) is 4.49. The summed E-state index contributed by atoms with van der Waals surface area (Å²) in [6, 6.07) is 9.10. The lowest BCUT2D eigenvalue weighted by molar-refractivity contribution is 0.424. The fourth-order valence-electron chi connectivity index (χ4n) is 2.58. The first-order valence-electron chi connectivity index (χ1n) is 6.31. The van der Waals surface area contributed by atoms with Gasteiger partial charge in [0.25, 0.3) is 0 Å². The van der Waals surface area contributed by atoms with Gasteiger partial charge in [0.2, 0.25) is 0 Å². The Morgan fingerprint density at radius 3 is 2.56 bits per heavy atom. The molecule has 1 unspecified atom stereocenters. The molecule has 1 atom stereocenters. The lowest BCUT2D eigenvalue weighted by Crippen LogP contribution is -2.22. The fourth-order valence-corrected chi connectivity index (χ4v) is 2.58. The fraction of sp³-hybridized carbons (Fsp3) is 0.462. The van der Waals surface area contributed by atoms with E-state index in [1.807, 2.05) is 11.7 Å². The molecule has 0 spiro atoms. The Bertz CT molecular complexity index is 523. The van der Waals surface area contributed by atoms with Crippen molar-refractivity contribution in [3.63, 3.8) is 0 Å². The van der Waals surface area contributed by atoms with Crippen LogP contribution in [0.1, 0.15) is 36.0 Å². The number of rotatable bonds is 3. The minimum Gasteiger partial charge on any atom is -0.311 e. The first kappa shape index (κ1) is 11.3. The highest BCUT2D eigenvalue weighted by atomic mass is 15.6. The molecule has 1 heterocycles. The number of hydrogen-bond donors (Lipinski definition) is 1. The Morgan fingerprint density at radius 2 is 1.94 bits per heavy atom. The van der Waals surface area contributed by atoms with Crippen molar-refractivity contribution in [3.05, 3.63) is 41.2 Å². The summed E-state index contributed by atoms with van der Waals surface area (Å²) in [6.07, 6.45) is 2.04. The topological polar surface area (TPSA) is 55.6 Å². The smallest absolute Gasteiger partial charge is 0.168 e. The van der Waals surface area contributed by atoms with Gasteiger partial charge in [-0.1, -0.05) is 24.3 Å². The third-order valence-electron chi connectivity index (χ3n) is 3.71. The molecule has 2 aromatic rings. The van der Waals surface area contributed by atoms with Crippen LogP contribution in [0.5, 0.6) is 0 Å². The van der Waals surface area contributed by atoms with Gasteiger partial charge in [0.15, 0.2) is 5.82 Å². The molecular weight excluding hydrogens is 226 g/mol. The number of tetrazole rings is 1. The molecule has 0 amide bonds. The predicted octanol–water partition coefficient (Wildman–Crippen LogP) is 1.29. The molecule has 18 heavy (non-hydrogen) atoms.